The predicted octanol–water partition coefficient (Wildman–Crippen LogP) is 4.21. The maximum Gasteiger partial charge on any atom is 0.322 e. The van der Waals surface area contributed by atoms with Crippen LogP contribution in [0, 0.1) is 0 Å². The van der Waals surface area contributed by atoms with E-state index in [0.717, 1.165) is 17.7 Å². The van der Waals surface area contributed by atoms with Gasteiger partial charge in [-0.25, -0.2) is 4.79 Å². The Kier molecular flexibility index (Phi) is 8.00. The quantitative estimate of drug-likeness (QED) is 0.681. The molecule has 2 aromatic carbocycles. The highest BCUT2D eigenvalue weighted by Gasteiger charge is 2.21. The highest BCUT2D eigenvalue weighted by molar-refractivity contribution is 5.90. The topological polar surface area (TPSA) is 69.3 Å². The van der Waals surface area contributed by atoms with Crippen molar-refractivity contribution in [1.82, 2.24) is 4.90 Å². The molecule has 2 amide bonds. The minimum atomic E-state index is -0.192. The second kappa shape index (κ2) is 10.5. The van der Waals surface area contributed by atoms with Crippen molar-refractivity contribution in [3.8, 4) is 23.0 Å². The van der Waals surface area contributed by atoms with Crippen molar-refractivity contribution in [3.05, 3.63) is 42.0 Å². The normalized spacial score (nSPS) is 11.4. The highest BCUT2D eigenvalue weighted by Crippen LogP contribution is 2.40. The van der Waals surface area contributed by atoms with Crippen molar-refractivity contribution in [2.24, 2.45) is 0 Å². The third-order valence-corrected chi connectivity index (χ3v) is 4.74. The van der Waals surface area contributed by atoms with E-state index < -0.39 is 0 Å². The van der Waals surface area contributed by atoms with Crippen LogP contribution in [0.3, 0.4) is 0 Å². The van der Waals surface area contributed by atoms with E-state index in [0.29, 0.717) is 29.5 Å². The van der Waals surface area contributed by atoms with Crippen LogP contribution in [-0.4, -0.2) is 52.0 Å². The molecule has 7 nitrogen and oxygen atoms in total. The number of nitrogens with zero attached hydrogens (tertiary/aromatic N) is 1. The number of ether oxygens (including phenoxy) is 4. The van der Waals surface area contributed by atoms with Crippen LogP contribution >= 0.6 is 0 Å². The molecular formula is C22H30N2O5. The van der Waals surface area contributed by atoms with Crippen molar-refractivity contribution < 1.29 is 23.7 Å². The van der Waals surface area contributed by atoms with Crippen molar-refractivity contribution in [3.63, 3.8) is 0 Å². The highest BCUT2D eigenvalue weighted by atomic mass is 16.5. The fourth-order valence-electron chi connectivity index (χ4n) is 3.22. The van der Waals surface area contributed by atoms with E-state index in [9.17, 15) is 4.79 Å². The molecule has 0 bridgehead atoms. The molecule has 1 N–H and O–H groups in total. The first-order chi connectivity index (χ1) is 14.0. The molecule has 0 aliphatic heterocycles. The Hall–Kier alpha value is -3.09. The van der Waals surface area contributed by atoms with Gasteiger partial charge in [-0.1, -0.05) is 12.1 Å². The number of urea groups is 1. The molecule has 0 spiro atoms. The van der Waals surface area contributed by atoms with Crippen LogP contribution in [0.15, 0.2) is 36.4 Å². The summed E-state index contributed by atoms with van der Waals surface area (Å²) in [6.45, 7) is 4.56. The van der Waals surface area contributed by atoms with Crippen LogP contribution in [0.4, 0.5) is 10.5 Å². The molecule has 1 atom stereocenters. The predicted molar refractivity (Wildman–Crippen MR) is 114 cm³/mol. The minimum Gasteiger partial charge on any atom is -0.497 e. The standard InChI is InChI=1S/C22H30N2O5/c1-7-24(15(2)12-16-8-10-18(26-3)11-9-16)22(25)23-17-13-19(27-4)21(29-6)20(14-17)28-5/h8-11,13-15H,7,12H2,1-6H3,(H,23,25). The molecule has 2 aromatic rings. The molecule has 0 aromatic heterocycles. The Balaban J connectivity index is 2.14. The van der Waals surface area contributed by atoms with Crippen LogP contribution < -0.4 is 24.3 Å². The molecule has 0 saturated carbocycles. The summed E-state index contributed by atoms with van der Waals surface area (Å²) in [5, 5.41) is 2.93. The van der Waals surface area contributed by atoms with Gasteiger partial charge in [-0.3, -0.25) is 0 Å². The maximum absolute atomic E-state index is 12.9. The average molecular weight is 402 g/mol. The summed E-state index contributed by atoms with van der Waals surface area (Å²) in [5.74, 6) is 2.26. The third kappa shape index (κ3) is 5.47. The molecule has 0 aliphatic carbocycles. The van der Waals surface area contributed by atoms with E-state index in [1.165, 1.54) is 21.3 Å². The van der Waals surface area contributed by atoms with E-state index in [1.54, 1.807) is 24.1 Å². The number of hydrogen-bond donors (Lipinski definition) is 1. The van der Waals surface area contributed by atoms with E-state index in [-0.39, 0.29) is 12.1 Å². The largest absolute Gasteiger partial charge is 0.497 e. The smallest absolute Gasteiger partial charge is 0.322 e. The summed E-state index contributed by atoms with van der Waals surface area (Å²) >= 11 is 0. The Morgan fingerprint density at radius 3 is 2.00 bits per heavy atom. The summed E-state index contributed by atoms with van der Waals surface area (Å²) in [6, 6.07) is 11.1. The van der Waals surface area contributed by atoms with Gasteiger partial charge in [0, 0.05) is 24.7 Å². The van der Waals surface area contributed by atoms with Crippen LogP contribution in [0.2, 0.25) is 0 Å². The first-order valence-corrected chi connectivity index (χ1v) is 9.47. The fraction of sp³-hybridized carbons (Fsp3) is 0.409. The number of hydrogen-bond acceptors (Lipinski definition) is 5. The lowest BCUT2D eigenvalue weighted by Crippen LogP contribution is -2.42. The molecular weight excluding hydrogens is 372 g/mol. The van der Waals surface area contributed by atoms with Crippen molar-refractivity contribution in [1.29, 1.82) is 0 Å². The van der Waals surface area contributed by atoms with Gasteiger partial charge in [-0.2, -0.15) is 0 Å². The van der Waals surface area contributed by atoms with Crippen LogP contribution in [0.25, 0.3) is 0 Å². The SMILES string of the molecule is CCN(C(=O)Nc1cc(OC)c(OC)c(OC)c1)C(C)Cc1ccc(OC)cc1. The van der Waals surface area contributed by atoms with Crippen molar-refractivity contribution >= 4 is 11.7 Å². The van der Waals surface area contributed by atoms with Gasteiger partial charge in [0.2, 0.25) is 5.75 Å². The number of rotatable bonds is 9. The van der Waals surface area contributed by atoms with Crippen LogP contribution in [0.5, 0.6) is 23.0 Å². The van der Waals surface area contributed by atoms with Gasteiger partial charge in [-0.05, 0) is 38.0 Å². The molecule has 158 valence electrons. The zero-order valence-corrected chi connectivity index (χ0v) is 17.9. The lowest BCUT2D eigenvalue weighted by Gasteiger charge is -2.28. The van der Waals surface area contributed by atoms with Crippen molar-refractivity contribution in [2.45, 2.75) is 26.3 Å². The number of likely N-dealkylation sites (N-methyl/N-ethyl adjacent to an activating group) is 1. The molecule has 0 saturated heterocycles. The molecule has 29 heavy (non-hydrogen) atoms. The Labute approximate surface area is 172 Å². The number of benzene rings is 2. The lowest BCUT2D eigenvalue weighted by atomic mass is 10.1. The number of nitrogens with one attached hydrogen (secondary N) is 1. The van der Waals surface area contributed by atoms with Gasteiger partial charge in [-0.15, -0.1) is 0 Å². The second-order valence-corrected chi connectivity index (χ2v) is 6.53. The lowest BCUT2D eigenvalue weighted by molar-refractivity contribution is 0.196. The van der Waals surface area contributed by atoms with Gasteiger partial charge in [0.1, 0.15) is 5.75 Å². The number of carbonyl (C=O) groups is 1. The van der Waals surface area contributed by atoms with Gasteiger partial charge < -0.3 is 29.2 Å². The molecule has 0 fully saturated rings. The molecule has 1 unspecified atom stereocenters. The summed E-state index contributed by atoms with van der Waals surface area (Å²) in [5.41, 5.74) is 1.71. The van der Waals surface area contributed by atoms with Crippen LogP contribution in [0.1, 0.15) is 19.4 Å². The monoisotopic (exact) mass is 402 g/mol. The minimum absolute atomic E-state index is 0.00966. The number of carbonyl (C=O) groups excluding carboxylic acids is 1. The molecule has 7 heteroatoms. The van der Waals surface area contributed by atoms with Gasteiger partial charge in [0.25, 0.3) is 0 Å². The number of methoxy groups -OCH3 is 4. The van der Waals surface area contributed by atoms with E-state index in [1.807, 2.05) is 38.1 Å². The zero-order chi connectivity index (χ0) is 21.4. The van der Waals surface area contributed by atoms with Crippen molar-refractivity contribution in [2.75, 3.05) is 40.3 Å². The van der Waals surface area contributed by atoms with E-state index >= 15 is 0 Å². The average Bonchev–Trinajstić information content (AvgIpc) is 2.73. The summed E-state index contributed by atoms with van der Waals surface area (Å²) in [4.78, 5) is 14.7. The van der Waals surface area contributed by atoms with Gasteiger partial charge in [0.15, 0.2) is 11.5 Å². The maximum atomic E-state index is 12.9. The summed E-state index contributed by atoms with van der Waals surface area (Å²) in [6.07, 6.45) is 0.737. The third-order valence-electron chi connectivity index (χ3n) is 4.74. The Morgan fingerprint density at radius 1 is 0.966 bits per heavy atom. The van der Waals surface area contributed by atoms with E-state index in [2.05, 4.69) is 5.32 Å². The molecule has 0 heterocycles. The number of amides is 2. The fourth-order valence-corrected chi connectivity index (χ4v) is 3.22. The van der Waals surface area contributed by atoms with Crippen LogP contribution in [-0.2, 0) is 6.42 Å². The molecule has 2 rings (SSSR count). The zero-order valence-electron chi connectivity index (χ0n) is 17.9. The molecule has 0 aliphatic rings. The molecule has 0 radical (unpaired) electrons. The number of anilines is 1. The first-order valence-electron chi connectivity index (χ1n) is 9.47. The van der Waals surface area contributed by atoms with Gasteiger partial charge >= 0.3 is 6.03 Å². The Bertz CT molecular complexity index is 782. The first kappa shape index (κ1) is 22.2. The summed E-state index contributed by atoms with van der Waals surface area (Å²) < 4.78 is 21.2. The van der Waals surface area contributed by atoms with Gasteiger partial charge in [0.05, 0.1) is 34.1 Å². The van der Waals surface area contributed by atoms with E-state index in [4.69, 9.17) is 18.9 Å². The summed E-state index contributed by atoms with van der Waals surface area (Å²) in [7, 11) is 6.26. The second-order valence-electron chi connectivity index (χ2n) is 6.53. The Morgan fingerprint density at radius 2 is 1.55 bits per heavy atom.